The predicted molar refractivity (Wildman–Crippen MR) is 68.7 cm³/mol. The van der Waals surface area contributed by atoms with Crippen LogP contribution in [0.4, 0.5) is 0 Å². The maximum absolute atomic E-state index is 11.7. The molecule has 0 saturated carbocycles. The van der Waals surface area contributed by atoms with Crippen LogP contribution in [-0.4, -0.2) is 42.1 Å². The van der Waals surface area contributed by atoms with Gasteiger partial charge in [-0.3, -0.25) is 9.69 Å². The number of hydrogen-bond acceptors (Lipinski definition) is 4. The fourth-order valence-corrected chi connectivity index (χ4v) is 2.19. The van der Waals surface area contributed by atoms with Crippen molar-refractivity contribution in [1.29, 1.82) is 0 Å². The Labute approximate surface area is 104 Å². The van der Waals surface area contributed by atoms with E-state index >= 15 is 0 Å². The lowest BCUT2D eigenvalue weighted by molar-refractivity contribution is -0.156. The Morgan fingerprint density at radius 2 is 1.94 bits per heavy atom. The molecule has 4 nitrogen and oxygen atoms in total. The standard InChI is InChI=1S/C13H26N2O2/c1-10(14)11-5-7-15(8-6-11)9-12(16)17-13(2,3)4/h10-11H,5-9,14H2,1-4H3. The molecule has 0 aliphatic carbocycles. The number of piperidine rings is 1. The van der Waals surface area contributed by atoms with Crippen molar-refractivity contribution in [3.63, 3.8) is 0 Å². The number of carbonyl (C=O) groups is 1. The summed E-state index contributed by atoms with van der Waals surface area (Å²) in [7, 11) is 0. The van der Waals surface area contributed by atoms with Gasteiger partial charge < -0.3 is 10.5 Å². The lowest BCUT2D eigenvalue weighted by atomic mass is 9.91. The zero-order valence-electron chi connectivity index (χ0n) is 11.5. The maximum Gasteiger partial charge on any atom is 0.320 e. The van der Waals surface area contributed by atoms with Gasteiger partial charge in [-0.05, 0) is 59.5 Å². The normalized spacial score (nSPS) is 21.2. The number of nitrogens with two attached hydrogens (primary N) is 1. The molecule has 4 heteroatoms. The monoisotopic (exact) mass is 242 g/mol. The van der Waals surface area contributed by atoms with Crippen LogP contribution < -0.4 is 5.73 Å². The molecule has 1 rings (SSSR count). The number of carbonyl (C=O) groups excluding carboxylic acids is 1. The molecule has 17 heavy (non-hydrogen) atoms. The van der Waals surface area contributed by atoms with Crippen molar-refractivity contribution >= 4 is 5.97 Å². The fraction of sp³-hybridized carbons (Fsp3) is 0.923. The van der Waals surface area contributed by atoms with Crippen LogP contribution >= 0.6 is 0 Å². The molecule has 2 N–H and O–H groups in total. The van der Waals surface area contributed by atoms with Crippen molar-refractivity contribution < 1.29 is 9.53 Å². The molecule has 1 saturated heterocycles. The third-order valence-electron chi connectivity index (χ3n) is 3.15. The highest BCUT2D eigenvalue weighted by atomic mass is 16.6. The minimum Gasteiger partial charge on any atom is -0.459 e. The Balaban J connectivity index is 2.29. The van der Waals surface area contributed by atoms with E-state index in [0.29, 0.717) is 12.5 Å². The van der Waals surface area contributed by atoms with E-state index in [0.717, 1.165) is 25.9 Å². The van der Waals surface area contributed by atoms with Crippen molar-refractivity contribution in [3.05, 3.63) is 0 Å². The highest BCUT2D eigenvalue weighted by Crippen LogP contribution is 2.19. The Hall–Kier alpha value is -0.610. The van der Waals surface area contributed by atoms with E-state index in [1.807, 2.05) is 20.8 Å². The summed E-state index contributed by atoms with van der Waals surface area (Å²) in [5.41, 5.74) is 5.50. The summed E-state index contributed by atoms with van der Waals surface area (Å²) in [5, 5.41) is 0. The lowest BCUT2D eigenvalue weighted by Crippen LogP contribution is -2.43. The summed E-state index contributed by atoms with van der Waals surface area (Å²) in [5.74, 6) is 0.474. The Morgan fingerprint density at radius 1 is 1.41 bits per heavy atom. The highest BCUT2D eigenvalue weighted by Gasteiger charge is 2.24. The smallest absolute Gasteiger partial charge is 0.320 e. The Bertz CT molecular complexity index is 251. The predicted octanol–water partition coefficient (Wildman–Crippen LogP) is 1.39. The summed E-state index contributed by atoms with van der Waals surface area (Å²) in [6.07, 6.45) is 2.17. The number of rotatable bonds is 3. The number of hydrogen-bond donors (Lipinski definition) is 1. The van der Waals surface area contributed by atoms with Gasteiger partial charge in [-0.2, -0.15) is 0 Å². The first-order valence-electron chi connectivity index (χ1n) is 6.48. The van der Waals surface area contributed by atoms with E-state index in [1.54, 1.807) is 0 Å². The fourth-order valence-electron chi connectivity index (χ4n) is 2.19. The molecule has 0 aromatic carbocycles. The summed E-state index contributed by atoms with van der Waals surface area (Å²) in [4.78, 5) is 13.8. The van der Waals surface area contributed by atoms with Gasteiger partial charge in [0.05, 0.1) is 6.54 Å². The van der Waals surface area contributed by atoms with Crippen LogP contribution in [0.2, 0.25) is 0 Å². The van der Waals surface area contributed by atoms with Crippen molar-refractivity contribution in [2.45, 2.75) is 52.2 Å². The minimum atomic E-state index is -0.388. The SMILES string of the molecule is CC(N)C1CCN(CC(=O)OC(C)(C)C)CC1. The van der Waals surface area contributed by atoms with E-state index in [-0.39, 0.29) is 17.6 Å². The molecule has 1 fully saturated rings. The zero-order chi connectivity index (χ0) is 13.1. The average Bonchev–Trinajstić information content (AvgIpc) is 2.15. The van der Waals surface area contributed by atoms with Gasteiger partial charge in [-0.25, -0.2) is 0 Å². The first-order valence-corrected chi connectivity index (χ1v) is 6.48. The van der Waals surface area contributed by atoms with Gasteiger partial charge >= 0.3 is 5.97 Å². The maximum atomic E-state index is 11.7. The van der Waals surface area contributed by atoms with E-state index in [1.165, 1.54) is 0 Å². The molecule has 100 valence electrons. The van der Waals surface area contributed by atoms with Crippen LogP contribution in [0, 0.1) is 5.92 Å². The molecular formula is C13H26N2O2. The molecule has 0 aromatic rings. The second-order valence-electron chi connectivity index (χ2n) is 6.06. The average molecular weight is 242 g/mol. The van der Waals surface area contributed by atoms with Gasteiger partial charge in [-0.1, -0.05) is 0 Å². The molecule has 0 bridgehead atoms. The summed E-state index contributed by atoms with van der Waals surface area (Å²) < 4.78 is 5.31. The van der Waals surface area contributed by atoms with Crippen LogP contribution in [0.3, 0.4) is 0 Å². The molecule has 0 radical (unpaired) electrons. The van der Waals surface area contributed by atoms with E-state index in [4.69, 9.17) is 10.5 Å². The Morgan fingerprint density at radius 3 is 2.35 bits per heavy atom. The number of nitrogens with zero attached hydrogens (tertiary/aromatic N) is 1. The molecule has 1 aliphatic rings. The van der Waals surface area contributed by atoms with Crippen LogP contribution in [0.25, 0.3) is 0 Å². The second kappa shape index (κ2) is 5.83. The molecule has 0 spiro atoms. The largest absolute Gasteiger partial charge is 0.459 e. The molecule has 1 atom stereocenters. The van der Waals surface area contributed by atoms with Crippen LogP contribution in [0.15, 0.2) is 0 Å². The molecule has 0 aromatic heterocycles. The zero-order valence-corrected chi connectivity index (χ0v) is 11.5. The van der Waals surface area contributed by atoms with E-state index in [9.17, 15) is 4.79 Å². The van der Waals surface area contributed by atoms with Crippen LogP contribution in [0.1, 0.15) is 40.5 Å². The first kappa shape index (κ1) is 14.5. The topological polar surface area (TPSA) is 55.6 Å². The summed E-state index contributed by atoms with van der Waals surface area (Å²) in [6.45, 7) is 10.1. The van der Waals surface area contributed by atoms with Gasteiger partial charge in [0.1, 0.15) is 5.60 Å². The molecule has 1 aliphatic heterocycles. The molecule has 0 amide bonds. The van der Waals surface area contributed by atoms with Crippen molar-refractivity contribution in [2.24, 2.45) is 11.7 Å². The van der Waals surface area contributed by atoms with Crippen LogP contribution in [0.5, 0.6) is 0 Å². The van der Waals surface area contributed by atoms with Crippen molar-refractivity contribution in [3.8, 4) is 0 Å². The number of likely N-dealkylation sites (tertiary alicyclic amines) is 1. The molecule has 1 unspecified atom stereocenters. The van der Waals surface area contributed by atoms with Crippen LogP contribution in [-0.2, 0) is 9.53 Å². The van der Waals surface area contributed by atoms with Gasteiger partial charge in [0.25, 0.3) is 0 Å². The summed E-state index contributed by atoms with van der Waals surface area (Å²) >= 11 is 0. The molecular weight excluding hydrogens is 216 g/mol. The van der Waals surface area contributed by atoms with Gasteiger partial charge in [0, 0.05) is 6.04 Å². The van der Waals surface area contributed by atoms with Gasteiger partial charge in [-0.15, -0.1) is 0 Å². The van der Waals surface area contributed by atoms with Gasteiger partial charge in [0.15, 0.2) is 0 Å². The second-order valence-corrected chi connectivity index (χ2v) is 6.06. The minimum absolute atomic E-state index is 0.128. The first-order chi connectivity index (χ1) is 7.78. The summed E-state index contributed by atoms with van der Waals surface area (Å²) in [6, 6.07) is 0.263. The lowest BCUT2D eigenvalue weighted by Gasteiger charge is -2.33. The van der Waals surface area contributed by atoms with E-state index in [2.05, 4.69) is 11.8 Å². The highest BCUT2D eigenvalue weighted by molar-refractivity contribution is 5.72. The third-order valence-corrected chi connectivity index (χ3v) is 3.15. The number of esters is 1. The van der Waals surface area contributed by atoms with Gasteiger partial charge in [0.2, 0.25) is 0 Å². The third kappa shape index (κ3) is 5.50. The molecule has 1 heterocycles. The number of ether oxygens (including phenoxy) is 1. The van der Waals surface area contributed by atoms with Crippen molar-refractivity contribution in [2.75, 3.05) is 19.6 Å². The quantitative estimate of drug-likeness (QED) is 0.760. The van der Waals surface area contributed by atoms with Crippen molar-refractivity contribution in [1.82, 2.24) is 4.90 Å². The Kier molecular flexibility index (Phi) is 4.95. The van der Waals surface area contributed by atoms with E-state index < -0.39 is 0 Å².